The van der Waals surface area contributed by atoms with E-state index in [9.17, 15) is 13.2 Å². The van der Waals surface area contributed by atoms with Gasteiger partial charge in [0.25, 0.3) is 0 Å². The van der Waals surface area contributed by atoms with Crippen LogP contribution in [0.2, 0.25) is 0 Å². The first-order valence-electron chi connectivity index (χ1n) is 7.12. The molecule has 1 aromatic carbocycles. The molecule has 120 valence electrons. The molecule has 0 atom stereocenters. The van der Waals surface area contributed by atoms with Gasteiger partial charge in [0.1, 0.15) is 0 Å². The number of nitrogens with one attached hydrogen (secondary N) is 1. The molecule has 0 radical (unpaired) electrons. The number of nitriles is 1. The number of anilines is 1. The highest BCUT2D eigenvalue weighted by Crippen LogP contribution is 2.10. The molecule has 1 aromatic rings. The van der Waals surface area contributed by atoms with E-state index in [1.54, 1.807) is 24.3 Å². The molecule has 0 saturated carbocycles. The molecule has 22 heavy (non-hydrogen) atoms. The highest BCUT2D eigenvalue weighted by atomic mass is 32.2. The van der Waals surface area contributed by atoms with Crippen molar-refractivity contribution in [3.8, 4) is 6.07 Å². The number of sulfonamides is 1. The van der Waals surface area contributed by atoms with Crippen LogP contribution in [0.15, 0.2) is 24.3 Å². The van der Waals surface area contributed by atoms with Gasteiger partial charge in [-0.3, -0.25) is 4.79 Å². The zero-order chi connectivity index (χ0) is 16.6. The standard InChI is InChI=1S/C15H21N3O3S/c1-3-4-5-10-18(22(2,20)21)12-15(19)17-14-8-6-13(11-16)7-9-14/h6-9H,3-5,10,12H2,1-2H3,(H,17,19). The third-order valence-corrected chi connectivity index (χ3v) is 4.35. The van der Waals surface area contributed by atoms with Crippen LogP contribution < -0.4 is 5.32 Å². The Balaban J connectivity index is 2.64. The summed E-state index contributed by atoms with van der Waals surface area (Å²) >= 11 is 0. The van der Waals surface area contributed by atoms with Crippen LogP contribution in [0.4, 0.5) is 5.69 Å². The van der Waals surface area contributed by atoms with Crippen molar-refractivity contribution in [2.45, 2.75) is 26.2 Å². The normalized spacial score (nSPS) is 11.2. The number of hydrogen-bond donors (Lipinski definition) is 1. The third kappa shape index (κ3) is 6.24. The Kier molecular flexibility index (Phi) is 7.02. The molecule has 0 saturated heterocycles. The number of carbonyl (C=O) groups is 1. The van der Waals surface area contributed by atoms with Gasteiger partial charge < -0.3 is 5.32 Å². The lowest BCUT2D eigenvalue weighted by atomic mass is 10.2. The van der Waals surface area contributed by atoms with Crippen LogP contribution in [0, 0.1) is 11.3 Å². The molecule has 1 rings (SSSR count). The largest absolute Gasteiger partial charge is 0.325 e. The Hall–Kier alpha value is -1.91. The van der Waals surface area contributed by atoms with Gasteiger partial charge in [0, 0.05) is 12.2 Å². The Morgan fingerprint density at radius 1 is 1.27 bits per heavy atom. The Bertz CT molecular complexity index is 633. The lowest BCUT2D eigenvalue weighted by Gasteiger charge is -2.19. The number of nitrogens with zero attached hydrogens (tertiary/aromatic N) is 2. The summed E-state index contributed by atoms with van der Waals surface area (Å²) in [5, 5.41) is 11.3. The molecule has 0 unspecified atom stereocenters. The van der Waals surface area contributed by atoms with Crippen LogP contribution in [0.1, 0.15) is 31.7 Å². The van der Waals surface area contributed by atoms with Crippen LogP contribution in [-0.4, -0.2) is 38.0 Å². The number of rotatable bonds is 8. The molecule has 0 aliphatic rings. The zero-order valence-corrected chi connectivity index (χ0v) is 13.7. The fourth-order valence-electron chi connectivity index (χ4n) is 1.89. The van der Waals surface area contributed by atoms with Crippen molar-refractivity contribution < 1.29 is 13.2 Å². The van der Waals surface area contributed by atoms with E-state index in [0.717, 1.165) is 25.5 Å². The Morgan fingerprint density at radius 2 is 1.91 bits per heavy atom. The summed E-state index contributed by atoms with van der Waals surface area (Å²) in [5.41, 5.74) is 1.03. The van der Waals surface area contributed by atoms with Crippen LogP contribution in [0.3, 0.4) is 0 Å². The number of hydrogen-bond acceptors (Lipinski definition) is 4. The molecule has 0 bridgehead atoms. The summed E-state index contributed by atoms with van der Waals surface area (Å²) in [6.45, 7) is 2.17. The van der Waals surface area contributed by atoms with Crippen LogP contribution in [-0.2, 0) is 14.8 Å². The fraction of sp³-hybridized carbons (Fsp3) is 0.467. The molecule has 0 aliphatic heterocycles. The summed E-state index contributed by atoms with van der Waals surface area (Å²) in [6, 6.07) is 8.38. The van der Waals surface area contributed by atoms with E-state index in [2.05, 4.69) is 5.32 Å². The molecular weight excluding hydrogens is 302 g/mol. The summed E-state index contributed by atoms with van der Waals surface area (Å²) < 4.78 is 24.6. The van der Waals surface area contributed by atoms with Crippen molar-refractivity contribution in [2.24, 2.45) is 0 Å². The fourth-order valence-corrected chi connectivity index (χ4v) is 2.70. The molecule has 0 fully saturated rings. The molecular formula is C15H21N3O3S. The van der Waals surface area contributed by atoms with Crippen molar-refractivity contribution in [3.63, 3.8) is 0 Å². The minimum atomic E-state index is -3.41. The number of unbranched alkanes of at least 4 members (excludes halogenated alkanes) is 2. The minimum Gasteiger partial charge on any atom is -0.325 e. The van der Waals surface area contributed by atoms with Crippen molar-refractivity contribution in [1.82, 2.24) is 4.31 Å². The predicted molar refractivity (Wildman–Crippen MR) is 85.7 cm³/mol. The van der Waals surface area contributed by atoms with E-state index in [4.69, 9.17) is 5.26 Å². The van der Waals surface area contributed by atoms with Crippen molar-refractivity contribution in [3.05, 3.63) is 29.8 Å². The topological polar surface area (TPSA) is 90.3 Å². The first-order valence-corrected chi connectivity index (χ1v) is 8.96. The second-order valence-corrected chi connectivity index (χ2v) is 7.02. The van der Waals surface area contributed by atoms with E-state index >= 15 is 0 Å². The molecule has 0 aromatic heterocycles. The number of benzene rings is 1. The molecule has 1 N–H and O–H groups in total. The first kappa shape index (κ1) is 18.1. The number of amides is 1. The predicted octanol–water partition coefficient (Wildman–Crippen LogP) is 1.95. The minimum absolute atomic E-state index is 0.206. The summed E-state index contributed by atoms with van der Waals surface area (Å²) in [4.78, 5) is 12.0. The maximum absolute atomic E-state index is 12.0. The highest BCUT2D eigenvalue weighted by Gasteiger charge is 2.19. The second kappa shape index (κ2) is 8.51. The van der Waals surface area contributed by atoms with Crippen LogP contribution >= 0.6 is 0 Å². The van der Waals surface area contributed by atoms with Gasteiger partial charge in [-0.2, -0.15) is 9.57 Å². The van der Waals surface area contributed by atoms with Gasteiger partial charge in [0.2, 0.25) is 15.9 Å². The van der Waals surface area contributed by atoms with E-state index in [1.165, 1.54) is 4.31 Å². The SMILES string of the molecule is CCCCCN(CC(=O)Nc1ccc(C#N)cc1)S(C)(=O)=O. The molecule has 1 amide bonds. The smallest absolute Gasteiger partial charge is 0.239 e. The average Bonchev–Trinajstić information content (AvgIpc) is 2.46. The summed E-state index contributed by atoms with van der Waals surface area (Å²) in [7, 11) is -3.41. The van der Waals surface area contributed by atoms with E-state index in [-0.39, 0.29) is 6.54 Å². The molecule has 0 aliphatic carbocycles. The van der Waals surface area contributed by atoms with Crippen molar-refractivity contribution in [1.29, 1.82) is 5.26 Å². The third-order valence-electron chi connectivity index (χ3n) is 3.10. The van der Waals surface area contributed by atoms with Gasteiger partial charge in [-0.15, -0.1) is 0 Å². The second-order valence-electron chi connectivity index (χ2n) is 5.04. The van der Waals surface area contributed by atoms with Gasteiger partial charge in [-0.25, -0.2) is 8.42 Å². The van der Waals surface area contributed by atoms with Gasteiger partial charge in [0.05, 0.1) is 24.4 Å². The van der Waals surface area contributed by atoms with Crippen molar-refractivity contribution in [2.75, 3.05) is 24.7 Å². The van der Waals surface area contributed by atoms with Crippen LogP contribution in [0.25, 0.3) is 0 Å². The van der Waals surface area contributed by atoms with Gasteiger partial charge in [0.15, 0.2) is 0 Å². The maximum Gasteiger partial charge on any atom is 0.239 e. The van der Waals surface area contributed by atoms with E-state index in [1.807, 2.05) is 13.0 Å². The van der Waals surface area contributed by atoms with E-state index in [0.29, 0.717) is 17.8 Å². The number of carbonyl (C=O) groups excluding carboxylic acids is 1. The van der Waals surface area contributed by atoms with Gasteiger partial charge in [-0.1, -0.05) is 19.8 Å². The first-order chi connectivity index (χ1) is 10.4. The Morgan fingerprint density at radius 3 is 2.41 bits per heavy atom. The lowest BCUT2D eigenvalue weighted by Crippen LogP contribution is -2.38. The lowest BCUT2D eigenvalue weighted by molar-refractivity contribution is -0.116. The molecule has 0 heterocycles. The van der Waals surface area contributed by atoms with Gasteiger partial charge in [-0.05, 0) is 30.7 Å². The Labute approximate surface area is 131 Å². The zero-order valence-electron chi connectivity index (χ0n) is 12.9. The summed E-state index contributed by atoms with van der Waals surface area (Å²) in [6.07, 6.45) is 3.74. The monoisotopic (exact) mass is 323 g/mol. The molecule has 6 nitrogen and oxygen atoms in total. The van der Waals surface area contributed by atoms with Crippen LogP contribution in [0.5, 0.6) is 0 Å². The molecule has 7 heteroatoms. The summed E-state index contributed by atoms with van der Waals surface area (Å²) in [5.74, 6) is -0.397. The van der Waals surface area contributed by atoms with Crippen molar-refractivity contribution >= 4 is 21.6 Å². The maximum atomic E-state index is 12.0. The molecule has 0 spiro atoms. The quantitative estimate of drug-likeness (QED) is 0.740. The average molecular weight is 323 g/mol. The van der Waals surface area contributed by atoms with Gasteiger partial charge >= 0.3 is 0 Å². The highest BCUT2D eigenvalue weighted by molar-refractivity contribution is 7.88. The van der Waals surface area contributed by atoms with E-state index < -0.39 is 15.9 Å².